The van der Waals surface area contributed by atoms with E-state index in [1.54, 1.807) is 0 Å². The fourth-order valence-corrected chi connectivity index (χ4v) is 0.204. The quantitative estimate of drug-likeness (QED) is 0.345. The van der Waals surface area contributed by atoms with E-state index in [1.165, 1.54) is 0 Å². The molecule has 0 heterocycles. The zero-order chi connectivity index (χ0) is 4.12. The van der Waals surface area contributed by atoms with Crippen molar-refractivity contribution in [3.05, 3.63) is 0 Å². The van der Waals surface area contributed by atoms with Crippen molar-refractivity contribution in [3.8, 4) is 0 Å². The second kappa shape index (κ2) is 15.7. The van der Waals surface area contributed by atoms with Gasteiger partial charge in [0.2, 0.25) is 0 Å². The minimum atomic E-state index is 0. The van der Waals surface area contributed by atoms with Crippen molar-refractivity contribution in [2.45, 2.75) is 13.8 Å². The number of rotatable bonds is 2. The monoisotopic (exact) mass is 112 g/mol. The summed E-state index contributed by atoms with van der Waals surface area (Å²) < 4.78 is 4.83. The molecule has 0 atom stereocenters. The van der Waals surface area contributed by atoms with Crippen LogP contribution >= 0.6 is 0 Å². The maximum atomic E-state index is 4.83. The van der Waals surface area contributed by atoms with Crippen LogP contribution in [0.15, 0.2) is 0 Å². The van der Waals surface area contributed by atoms with E-state index in [4.69, 9.17) is 4.74 Å². The van der Waals surface area contributed by atoms with Gasteiger partial charge < -0.3 is 6.16 Å². The van der Waals surface area contributed by atoms with Gasteiger partial charge in [-0.25, -0.2) is 0 Å². The van der Waals surface area contributed by atoms with Gasteiger partial charge in [0.1, 0.15) is 0 Å². The molecule has 0 aliphatic heterocycles. The molecule has 0 unspecified atom stereocenters. The average molecular weight is 112 g/mol. The fourth-order valence-electron chi connectivity index (χ4n) is 0.204. The normalized spacial score (nSPS) is 6.00. The third-order valence-corrected chi connectivity index (χ3v) is 0.408. The second-order valence-electron chi connectivity index (χ2n) is 0.781. The predicted octanol–water partition coefficient (Wildman–Crippen LogP) is -3.02. The molecule has 0 aliphatic rings. The fraction of sp³-hybridized carbons (Fsp3) is 1.00. The van der Waals surface area contributed by atoms with E-state index >= 15 is 0 Å². The predicted molar refractivity (Wildman–Crippen MR) is 33.2 cm³/mol. The van der Waals surface area contributed by atoms with E-state index in [0.29, 0.717) is 0 Å². The molecule has 0 rings (SSSR count). The van der Waals surface area contributed by atoms with Gasteiger partial charge in [0.05, 0.1) is 0 Å². The van der Waals surface area contributed by atoms with E-state index in [0.717, 1.165) is 13.2 Å². The summed E-state index contributed by atoms with van der Waals surface area (Å²) in [4.78, 5) is 0. The molecule has 0 radical (unpaired) electrons. The van der Waals surface area contributed by atoms with E-state index in [9.17, 15) is 0 Å². The first-order valence-electron chi connectivity index (χ1n) is 1.99. The summed E-state index contributed by atoms with van der Waals surface area (Å²) in [5, 5.41) is 0. The Balaban J connectivity index is -0.0000000267. The molecule has 0 aromatic heterocycles. The van der Waals surface area contributed by atoms with Gasteiger partial charge in [-0.2, -0.15) is 0 Å². The third-order valence-electron chi connectivity index (χ3n) is 0.408. The summed E-state index contributed by atoms with van der Waals surface area (Å²) in [5.74, 6) is 0. The molecule has 0 amide bonds. The van der Waals surface area contributed by atoms with Crippen LogP contribution in [0.3, 0.4) is 0 Å². The maximum Gasteiger partial charge on any atom is 1.00 e. The standard InChI is InChI=1S/C4H10O.Al.Li.4H/c1-3-5-4-2;;;;;;/h3-4H2,1-2H3;;;;;;/q;;+1;;;;-1. The van der Waals surface area contributed by atoms with E-state index in [2.05, 4.69) is 0 Å². The number of hydrogen-bond acceptors (Lipinski definition) is 1. The molecule has 3 heteroatoms. The van der Waals surface area contributed by atoms with E-state index < -0.39 is 0 Å². The minimum absolute atomic E-state index is 0. The Bertz CT molecular complexity index is 23.5. The molecule has 0 bridgehead atoms. The summed E-state index contributed by atoms with van der Waals surface area (Å²) in [5.41, 5.74) is 0. The first-order chi connectivity index (χ1) is 2.41. The topological polar surface area (TPSA) is 9.23 Å². The van der Waals surface area contributed by atoms with Crippen molar-refractivity contribution in [1.29, 1.82) is 0 Å². The average Bonchev–Trinajstić information content (AvgIpc) is 1.41. The van der Waals surface area contributed by atoms with Crippen molar-refractivity contribution < 1.29 is 25.0 Å². The second-order valence-corrected chi connectivity index (χ2v) is 0.781. The molecular weight excluding hydrogens is 98.0 g/mol. The van der Waals surface area contributed by atoms with Crippen LogP contribution in [-0.4, -0.2) is 30.6 Å². The van der Waals surface area contributed by atoms with Crippen molar-refractivity contribution in [3.63, 3.8) is 0 Å². The van der Waals surface area contributed by atoms with Crippen molar-refractivity contribution >= 4 is 17.4 Å². The molecule has 0 fully saturated rings. The molecule has 0 saturated heterocycles. The van der Waals surface area contributed by atoms with E-state index in [1.807, 2.05) is 13.8 Å². The van der Waals surface area contributed by atoms with Gasteiger partial charge in [-0.1, -0.05) is 0 Å². The molecule has 7 heavy (non-hydrogen) atoms. The summed E-state index contributed by atoms with van der Waals surface area (Å²) in [6.07, 6.45) is 0. The van der Waals surface area contributed by atoms with Crippen LogP contribution in [0.25, 0.3) is 0 Å². The van der Waals surface area contributed by atoms with Crippen LogP contribution in [0, 0.1) is 0 Å². The van der Waals surface area contributed by atoms with Crippen molar-refractivity contribution in [2.75, 3.05) is 13.2 Å². The van der Waals surface area contributed by atoms with Crippen LogP contribution in [0.1, 0.15) is 15.3 Å². The molecular formula is C4H14AlLiO. The van der Waals surface area contributed by atoms with E-state index in [-0.39, 0.29) is 37.6 Å². The van der Waals surface area contributed by atoms with Crippen LogP contribution in [-0.2, 0) is 4.74 Å². The van der Waals surface area contributed by atoms with Gasteiger partial charge in [-0.3, -0.25) is 0 Å². The smallest absolute Gasteiger partial charge is 1.00 e. The summed E-state index contributed by atoms with van der Waals surface area (Å²) in [7, 11) is 0. The van der Waals surface area contributed by atoms with Crippen LogP contribution in [0.4, 0.5) is 0 Å². The summed E-state index contributed by atoms with van der Waals surface area (Å²) in [6.45, 7) is 5.67. The van der Waals surface area contributed by atoms with Crippen LogP contribution in [0.2, 0.25) is 0 Å². The van der Waals surface area contributed by atoms with Crippen LogP contribution < -0.4 is 18.9 Å². The Hall–Kier alpha value is 1.09. The Morgan fingerprint density at radius 1 is 1.29 bits per heavy atom. The Labute approximate surface area is 69.6 Å². The zero-order valence-corrected chi connectivity index (χ0v) is 4.82. The molecule has 0 aliphatic carbocycles. The van der Waals surface area contributed by atoms with Crippen LogP contribution in [0.5, 0.6) is 0 Å². The summed E-state index contributed by atoms with van der Waals surface area (Å²) >= 11 is 0. The van der Waals surface area contributed by atoms with Gasteiger partial charge >= 0.3 is 18.9 Å². The Morgan fingerprint density at radius 3 is 1.57 bits per heavy atom. The summed E-state index contributed by atoms with van der Waals surface area (Å²) in [6, 6.07) is 0. The van der Waals surface area contributed by atoms with Gasteiger partial charge in [0, 0.05) is 13.2 Å². The van der Waals surface area contributed by atoms with Gasteiger partial charge in [0.15, 0.2) is 17.4 Å². The van der Waals surface area contributed by atoms with Gasteiger partial charge in [0.25, 0.3) is 0 Å². The van der Waals surface area contributed by atoms with Gasteiger partial charge in [-0.05, 0) is 13.8 Å². The largest absolute Gasteiger partial charge is 1.00 e. The molecule has 0 N–H and O–H groups in total. The first kappa shape index (κ1) is 15.7. The first-order valence-corrected chi connectivity index (χ1v) is 1.99. The maximum absolute atomic E-state index is 4.83. The van der Waals surface area contributed by atoms with Crippen molar-refractivity contribution in [2.24, 2.45) is 0 Å². The third kappa shape index (κ3) is 19.2. The Kier molecular flexibility index (Phi) is 35.2. The number of hydrogen-bond donors (Lipinski definition) is 0. The Morgan fingerprint density at radius 2 is 1.57 bits per heavy atom. The molecule has 0 aromatic rings. The molecule has 40 valence electrons. The molecule has 0 aromatic carbocycles. The molecule has 0 spiro atoms. The SMILES string of the molecule is CCOCC.[AlH3].[H-].[Li+]. The van der Waals surface area contributed by atoms with Gasteiger partial charge in [-0.15, -0.1) is 0 Å². The minimum Gasteiger partial charge on any atom is -1.00 e. The zero-order valence-electron chi connectivity index (χ0n) is 5.82. The van der Waals surface area contributed by atoms with Crippen molar-refractivity contribution in [1.82, 2.24) is 0 Å². The molecule has 1 nitrogen and oxygen atoms in total. The number of ether oxygens (including phenoxy) is 1. The molecule has 0 saturated carbocycles.